The van der Waals surface area contributed by atoms with Gasteiger partial charge in [-0.1, -0.05) is 25.5 Å². The normalized spacial score (nSPS) is 11.4. The highest BCUT2D eigenvalue weighted by Crippen LogP contribution is 2.32. The second-order valence-electron chi connectivity index (χ2n) is 6.41. The van der Waals surface area contributed by atoms with Gasteiger partial charge in [0.25, 0.3) is 5.89 Å². The van der Waals surface area contributed by atoms with Gasteiger partial charge in [-0.25, -0.2) is 0 Å². The monoisotopic (exact) mass is 327 g/mol. The molecule has 0 spiro atoms. The summed E-state index contributed by atoms with van der Waals surface area (Å²) >= 11 is 0. The molecule has 3 rings (SSSR count). The first-order chi connectivity index (χ1) is 11.5. The summed E-state index contributed by atoms with van der Waals surface area (Å²) in [5.74, 6) is 0.827. The molecule has 0 aliphatic rings. The van der Waals surface area contributed by atoms with Gasteiger partial charge in [0.05, 0.1) is 0 Å². The fourth-order valence-corrected chi connectivity index (χ4v) is 2.50. The molecule has 0 bridgehead atoms. The van der Waals surface area contributed by atoms with E-state index in [4.69, 9.17) is 8.83 Å². The molecule has 0 atom stereocenters. The van der Waals surface area contributed by atoms with E-state index in [0.29, 0.717) is 18.2 Å². The summed E-state index contributed by atoms with van der Waals surface area (Å²) in [6.45, 7) is 8.74. The summed E-state index contributed by atoms with van der Waals surface area (Å²) in [5, 5.41) is 11.6. The van der Waals surface area contributed by atoms with E-state index < -0.39 is 0 Å². The van der Waals surface area contributed by atoms with Crippen LogP contribution in [0.4, 0.5) is 0 Å². The first-order valence-corrected chi connectivity index (χ1v) is 8.07. The molecule has 2 heterocycles. The molecule has 0 unspecified atom stereocenters. The molecule has 1 aromatic carbocycles. The van der Waals surface area contributed by atoms with Crippen LogP contribution in [0.2, 0.25) is 0 Å². The first kappa shape index (κ1) is 16.2. The van der Waals surface area contributed by atoms with Crippen molar-refractivity contribution in [1.82, 2.24) is 15.5 Å². The van der Waals surface area contributed by atoms with Crippen molar-refractivity contribution in [3.05, 3.63) is 35.2 Å². The third-order valence-corrected chi connectivity index (χ3v) is 3.91. The van der Waals surface area contributed by atoms with E-state index in [0.717, 1.165) is 28.5 Å². The second kappa shape index (κ2) is 6.47. The van der Waals surface area contributed by atoms with Gasteiger partial charge >= 0.3 is 11.8 Å². The Morgan fingerprint density at radius 2 is 2.00 bits per heavy atom. The molecule has 0 saturated heterocycles. The molecule has 3 aromatic rings. The summed E-state index contributed by atoms with van der Waals surface area (Å²) in [6.07, 6.45) is 0.898. The van der Waals surface area contributed by atoms with Crippen LogP contribution in [0.3, 0.4) is 0 Å². The molecule has 0 saturated carbocycles. The van der Waals surface area contributed by atoms with Gasteiger partial charge in [-0.2, -0.15) is 0 Å². The minimum atomic E-state index is -0.362. The van der Waals surface area contributed by atoms with E-state index in [1.54, 1.807) is 0 Å². The molecular weight excluding hydrogens is 306 g/mol. The van der Waals surface area contributed by atoms with Crippen molar-refractivity contribution in [2.75, 3.05) is 6.54 Å². The van der Waals surface area contributed by atoms with Crippen molar-refractivity contribution in [2.24, 2.45) is 5.92 Å². The van der Waals surface area contributed by atoms with E-state index in [1.165, 1.54) is 0 Å². The van der Waals surface area contributed by atoms with E-state index in [1.807, 2.05) is 32.0 Å². The highest BCUT2D eigenvalue weighted by molar-refractivity contribution is 5.90. The number of hydrogen-bond donors (Lipinski definition) is 1. The Bertz CT molecular complexity index is 877. The maximum Gasteiger partial charge on any atom is 0.308 e. The predicted octanol–water partition coefficient (Wildman–Crippen LogP) is 3.88. The summed E-state index contributed by atoms with van der Waals surface area (Å²) in [7, 11) is 0. The first-order valence-electron chi connectivity index (χ1n) is 8.07. The van der Waals surface area contributed by atoms with Crippen molar-refractivity contribution in [3.63, 3.8) is 0 Å². The maximum atomic E-state index is 12.0. The van der Waals surface area contributed by atoms with E-state index in [-0.39, 0.29) is 17.7 Å². The Morgan fingerprint density at radius 1 is 1.21 bits per heavy atom. The molecule has 0 radical (unpaired) electrons. The molecule has 6 nitrogen and oxygen atoms in total. The number of benzene rings is 1. The van der Waals surface area contributed by atoms with E-state index in [9.17, 15) is 4.79 Å². The van der Waals surface area contributed by atoms with Gasteiger partial charge in [0.15, 0.2) is 5.76 Å². The second-order valence-corrected chi connectivity index (χ2v) is 6.41. The fraction of sp³-hybridized carbons (Fsp3) is 0.389. The molecule has 1 amide bonds. The van der Waals surface area contributed by atoms with E-state index >= 15 is 0 Å². The van der Waals surface area contributed by atoms with Crippen molar-refractivity contribution < 1.29 is 13.6 Å². The summed E-state index contributed by atoms with van der Waals surface area (Å²) < 4.78 is 11.3. The van der Waals surface area contributed by atoms with Gasteiger partial charge in [0, 0.05) is 17.5 Å². The van der Waals surface area contributed by atoms with E-state index in [2.05, 4.69) is 29.4 Å². The lowest BCUT2D eigenvalue weighted by Crippen LogP contribution is -2.25. The summed E-state index contributed by atoms with van der Waals surface area (Å²) in [4.78, 5) is 12.0. The number of carbonyl (C=O) groups is 1. The van der Waals surface area contributed by atoms with Crippen LogP contribution in [0.25, 0.3) is 22.6 Å². The van der Waals surface area contributed by atoms with Crippen LogP contribution in [-0.4, -0.2) is 22.6 Å². The number of hydrogen-bond acceptors (Lipinski definition) is 5. The SMILES string of the molecule is Cc1ccc2oc(-c3nnc(C(=O)NCCC(C)C)o3)c(C)c2c1. The average Bonchev–Trinajstić information content (AvgIpc) is 3.12. The number of furan rings is 1. The van der Waals surface area contributed by atoms with Gasteiger partial charge < -0.3 is 14.2 Å². The highest BCUT2D eigenvalue weighted by atomic mass is 16.4. The lowest BCUT2D eigenvalue weighted by Gasteiger charge is -2.04. The molecular formula is C18H21N3O3. The fourth-order valence-electron chi connectivity index (χ4n) is 2.50. The zero-order valence-electron chi connectivity index (χ0n) is 14.3. The van der Waals surface area contributed by atoms with Crippen LogP contribution in [-0.2, 0) is 0 Å². The Kier molecular flexibility index (Phi) is 4.38. The van der Waals surface area contributed by atoms with Crippen LogP contribution in [0.15, 0.2) is 27.0 Å². The molecule has 126 valence electrons. The van der Waals surface area contributed by atoms with Crippen LogP contribution in [0, 0.1) is 19.8 Å². The van der Waals surface area contributed by atoms with Crippen LogP contribution in [0.1, 0.15) is 42.1 Å². The molecule has 1 N–H and O–H groups in total. The zero-order valence-corrected chi connectivity index (χ0v) is 14.3. The average molecular weight is 327 g/mol. The highest BCUT2D eigenvalue weighted by Gasteiger charge is 2.21. The van der Waals surface area contributed by atoms with Gasteiger partial charge in [0.2, 0.25) is 0 Å². The van der Waals surface area contributed by atoms with Crippen LogP contribution in [0.5, 0.6) is 0 Å². The maximum absolute atomic E-state index is 12.0. The standard InChI is InChI=1S/C18H21N3O3/c1-10(2)7-8-19-16(22)18-21-20-17(24-18)15-12(4)13-9-11(3)5-6-14(13)23-15/h5-6,9-10H,7-8H2,1-4H3,(H,19,22). The lowest BCUT2D eigenvalue weighted by molar-refractivity contribution is 0.0918. The topological polar surface area (TPSA) is 81.2 Å². The van der Waals surface area contributed by atoms with Crippen molar-refractivity contribution in [3.8, 4) is 11.7 Å². The molecule has 6 heteroatoms. The molecule has 24 heavy (non-hydrogen) atoms. The van der Waals surface area contributed by atoms with Gasteiger partial charge in [-0.3, -0.25) is 4.79 Å². The molecule has 2 aromatic heterocycles. The smallest absolute Gasteiger partial charge is 0.308 e. The number of amides is 1. The Labute approximate surface area is 140 Å². The van der Waals surface area contributed by atoms with Crippen molar-refractivity contribution >= 4 is 16.9 Å². The van der Waals surface area contributed by atoms with Gasteiger partial charge in [-0.05, 0) is 38.3 Å². The third-order valence-electron chi connectivity index (χ3n) is 3.91. The number of carbonyl (C=O) groups excluding carboxylic acids is 1. The Hall–Kier alpha value is -2.63. The quantitative estimate of drug-likeness (QED) is 0.769. The predicted molar refractivity (Wildman–Crippen MR) is 90.8 cm³/mol. The zero-order chi connectivity index (χ0) is 17.3. The van der Waals surface area contributed by atoms with Crippen molar-refractivity contribution in [2.45, 2.75) is 34.1 Å². The largest absolute Gasteiger partial charge is 0.451 e. The number of aryl methyl sites for hydroxylation is 2. The molecule has 0 fully saturated rings. The lowest BCUT2D eigenvalue weighted by atomic mass is 10.1. The van der Waals surface area contributed by atoms with Crippen LogP contribution >= 0.6 is 0 Å². The minimum Gasteiger partial charge on any atom is -0.451 e. The van der Waals surface area contributed by atoms with Gasteiger partial charge in [0.1, 0.15) is 5.58 Å². The molecule has 0 aliphatic carbocycles. The summed E-state index contributed by atoms with van der Waals surface area (Å²) in [6, 6.07) is 5.95. The summed E-state index contributed by atoms with van der Waals surface area (Å²) in [5.41, 5.74) is 2.83. The number of rotatable bonds is 5. The number of nitrogens with one attached hydrogen (secondary N) is 1. The Morgan fingerprint density at radius 3 is 2.75 bits per heavy atom. The number of fused-ring (bicyclic) bond motifs is 1. The van der Waals surface area contributed by atoms with Gasteiger partial charge in [-0.15, -0.1) is 10.2 Å². The van der Waals surface area contributed by atoms with Crippen molar-refractivity contribution in [1.29, 1.82) is 0 Å². The number of nitrogens with zero attached hydrogens (tertiary/aromatic N) is 2. The molecule has 0 aliphatic heterocycles. The third kappa shape index (κ3) is 3.18. The Balaban J connectivity index is 1.83. The van der Waals surface area contributed by atoms with Crippen LogP contribution < -0.4 is 5.32 Å². The minimum absolute atomic E-state index is 0.0511. The number of aromatic nitrogens is 2.